The smallest absolute Gasteiger partial charge is 0.224 e. The highest BCUT2D eigenvalue weighted by Crippen LogP contribution is 2.27. The minimum absolute atomic E-state index is 0.214. The van der Waals surface area contributed by atoms with Crippen molar-refractivity contribution >= 4 is 5.91 Å². The van der Waals surface area contributed by atoms with Gasteiger partial charge in [0.2, 0.25) is 5.91 Å². The van der Waals surface area contributed by atoms with Crippen molar-refractivity contribution in [3.63, 3.8) is 0 Å². The van der Waals surface area contributed by atoms with Crippen molar-refractivity contribution < 1.29 is 4.79 Å². The highest BCUT2D eigenvalue weighted by Gasteiger charge is 2.23. The van der Waals surface area contributed by atoms with E-state index in [-0.39, 0.29) is 11.8 Å². The van der Waals surface area contributed by atoms with E-state index in [0.717, 1.165) is 44.3 Å². The maximum atomic E-state index is 12.0. The molecule has 0 spiro atoms. The Bertz CT molecular complexity index is 241. The average Bonchev–Trinajstić information content (AvgIpc) is 2.39. The lowest BCUT2D eigenvalue weighted by atomic mass is 9.83. The van der Waals surface area contributed by atoms with Crippen LogP contribution < -0.4 is 10.6 Å². The molecule has 2 N–H and O–H groups in total. The van der Waals surface area contributed by atoms with Crippen molar-refractivity contribution in [1.82, 2.24) is 10.6 Å². The lowest BCUT2D eigenvalue weighted by Crippen LogP contribution is -2.42. The average molecular weight is 238 g/mol. The van der Waals surface area contributed by atoms with Crippen molar-refractivity contribution in [1.29, 1.82) is 0 Å². The number of carbonyl (C=O) groups is 1. The summed E-state index contributed by atoms with van der Waals surface area (Å²) in [6.45, 7) is 5.18. The van der Waals surface area contributed by atoms with Crippen LogP contribution in [-0.4, -0.2) is 25.5 Å². The van der Waals surface area contributed by atoms with E-state index in [1.807, 2.05) is 0 Å². The zero-order valence-corrected chi connectivity index (χ0v) is 11.0. The number of rotatable bonds is 3. The summed E-state index contributed by atoms with van der Waals surface area (Å²) in [6, 6.07) is 0. The first-order valence-corrected chi connectivity index (χ1v) is 7.24. The van der Waals surface area contributed by atoms with Crippen LogP contribution in [0.15, 0.2) is 0 Å². The summed E-state index contributed by atoms with van der Waals surface area (Å²) in [5.74, 6) is 2.11. The highest BCUT2D eigenvalue weighted by molar-refractivity contribution is 5.78. The summed E-state index contributed by atoms with van der Waals surface area (Å²) >= 11 is 0. The lowest BCUT2D eigenvalue weighted by Gasteiger charge is -2.27. The molecule has 2 rings (SSSR count). The second-order valence-electron chi connectivity index (χ2n) is 5.91. The van der Waals surface area contributed by atoms with Gasteiger partial charge >= 0.3 is 0 Å². The molecule has 3 nitrogen and oxygen atoms in total. The molecular weight excluding hydrogens is 212 g/mol. The fourth-order valence-corrected chi connectivity index (χ4v) is 3.00. The molecule has 1 saturated carbocycles. The van der Waals surface area contributed by atoms with Crippen LogP contribution in [0.1, 0.15) is 45.4 Å². The molecule has 1 aliphatic heterocycles. The third-order valence-corrected chi connectivity index (χ3v) is 4.37. The second-order valence-corrected chi connectivity index (χ2v) is 5.91. The van der Waals surface area contributed by atoms with Crippen molar-refractivity contribution in [3.8, 4) is 0 Å². The predicted octanol–water partition coefficient (Wildman–Crippen LogP) is 1.93. The molecule has 0 aromatic rings. The first kappa shape index (κ1) is 12.9. The minimum atomic E-state index is 0.214. The molecule has 0 unspecified atom stereocenters. The molecular formula is C14H26N2O. The third-order valence-electron chi connectivity index (χ3n) is 4.37. The van der Waals surface area contributed by atoms with Crippen LogP contribution in [-0.2, 0) is 4.79 Å². The maximum absolute atomic E-state index is 12.0. The van der Waals surface area contributed by atoms with E-state index < -0.39 is 0 Å². The Kier molecular flexibility index (Phi) is 4.84. The van der Waals surface area contributed by atoms with Crippen molar-refractivity contribution in [3.05, 3.63) is 0 Å². The van der Waals surface area contributed by atoms with Crippen LogP contribution in [0, 0.1) is 17.8 Å². The molecule has 98 valence electrons. The molecule has 2 aliphatic rings. The van der Waals surface area contributed by atoms with Crippen molar-refractivity contribution in [2.45, 2.75) is 45.4 Å². The number of piperidine rings is 1. The predicted molar refractivity (Wildman–Crippen MR) is 69.7 cm³/mol. The van der Waals surface area contributed by atoms with Crippen LogP contribution in [0.4, 0.5) is 0 Å². The van der Waals surface area contributed by atoms with Gasteiger partial charge in [-0.05, 0) is 44.1 Å². The Morgan fingerprint density at radius 3 is 2.65 bits per heavy atom. The van der Waals surface area contributed by atoms with Crippen LogP contribution in [0.3, 0.4) is 0 Å². The number of carbonyl (C=O) groups excluding carboxylic acids is 1. The fraction of sp³-hybridized carbons (Fsp3) is 0.929. The highest BCUT2D eigenvalue weighted by atomic mass is 16.1. The van der Waals surface area contributed by atoms with E-state index in [2.05, 4.69) is 17.6 Å². The topological polar surface area (TPSA) is 41.1 Å². The van der Waals surface area contributed by atoms with Crippen molar-refractivity contribution in [2.24, 2.45) is 17.8 Å². The standard InChI is InChI=1S/C14H26N2O/c1-11-4-6-12(7-5-11)9-16-14(17)13-3-2-8-15-10-13/h11-13,15H,2-10H2,1H3,(H,16,17)/t11?,12?,13-/m0/s1. The van der Waals surface area contributed by atoms with Crippen molar-refractivity contribution in [2.75, 3.05) is 19.6 Å². The molecule has 1 aliphatic carbocycles. The van der Waals surface area contributed by atoms with Gasteiger partial charge in [-0.2, -0.15) is 0 Å². The molecule has 1 saturated heterocycles. The van der Waals surface area contributed by atoms with Gasteiger partial charge in [0, 0.05) is 13.1 Å². The number of hydrogen-bond donors (Lipinski definition) is 2. The second kappa shape index (κ2) is 6.39. The van der Waals surface area contributed by atoms with Crippen LogP contribution >= 0.6 is 0 Å². The van der Waals surface area contributed by atoms with E-state index in [4.69, 9.17) is 0 Å². The van der Waals surface area contributed by atoms with Crippen LogP contribution in [0.25, 0.3) is 0 Å². The SMILES string of the molecule is CC1CCC(CNC(=O)[C@H]2CCCNC2)CC1. The zero-order valence-electron chi connectivity index (χ0n) is 11.0. The maximum Gasteiger partial charge on any atom is 0.224 e. The molecule has 0 aromatic carbocycles. The molecule has 0 aromatic heterocycles. The molecule has 1 amide bonds. The van der Waals surface area contributed by atoms with Crippen LogP contribution in [0.5, 0.6) is 0 Å². The molecule has 0 radical (unpaired) electrons. The Labute approximate surface area is 105 Å². The van der Waals surface area contributed by atoms with E-state index in [0.29, 0.717) is 0 Å². The third kappa shape index (κ3) is 3.98. The molecule has 1 heterocycles. The first-order chi connectivity index (χ1) is 8.25. The number of nitrogens with one attached hydrogen (secondary N) is 2. The molecule has 3 heteroatoms. The normalized spacial score (nSPS) is 34.3. The summed E-state index contributed by atoms with van der Waals surface area (Å²) in [5.41, 5.74) is 0. The van der Waals surface area contributed by atoms with Gasteiger partial charge in [-0.15, -0.1) is 0 Å². The molecule has 1 atom stereocenters. The summed E-state index contributed by atoms with van der Waals surface area (Å²) in [7, 11) is 0. The molecule has 17 heavy (non-hydrogen) atoms. The van der Waals surface area contributed by atoms with Gasteiger partial charge in [-0.3, -0.25) is 4.79 Å². The number of hydrogen-bond acceptors (Lipinski definition) is 2. The van der Waals surface area contributed by atoms with E-state index in [1.165, 1.54) is 25.7 Å². The van der Waals surface area contributed by atoms with E-state index in [9.17, 15) is 4.79 Å². The minimum Gasteiger partial charge on any atom is -0.356 e. The van der Waals surface area contributed by atoms with Crippen LogP contribution in [0.2, 0.25) is 0 Å². The van der Waals surface area contributed by atoms with Gasteiger partial charge in [0.15, 0.2) is 0 Å². The Balaban J connectivity index is 1.65. The Morgan fingerprint density at radius 2 is 2.00 bits per heavy atom. The van der Waals surface area contributed by atoms with Gasteiger partial charge in [0.05, 0.1) is 5.92 Å². The summed E-state index contributed by atoms with van der Waals surface area (Å²) in [6.07, 6.45) is 7.46. The number of amides is 1. The molecule has 0 bridgehead atoms. The van der Waals surface area contributed by atoms with E-state index >= 15 is 0 Å². The Hall–Kier alpha value is -0.570. The first-order valence-electron chi connectivity index (χ1n) is 7.24. The van der Waals surface area contributed by atoms with Gasteiger partial charge in [0.25, 0.3) is 0 Å². The lowest BCUT2D eigenvalue weighted by molar-refractivity contribution is -0.125. The zero-order chi connectivity index (χ0) is 12.1. The van der Waals surface area contributed by atoms with Gasteiger partial charge in [-0.25, -0.2) is 0 Å². The van der Waals surface area contributed by atoms with Gasteiger partial charge in [0.1, 0.15) is 0 Å². The largest absolute Gasteiger partial charge is 0.356 e. The van der Waals surface area contributed by atoms with Gasteiger partial charge in [-0.1, -0.05) is 19.8 Å². The fourth-order valence-electron chi connectivity index (χ4n) is 3.00. The Morgan fingerprint density at radius 1 is 1.24 bits per heavy atom. The van der Waals surface area contributed by atoms with Gasteiger partial charge < -0.3 is 10.6 Å². The monoisotopic (exact) mass is 238 g/mol. The summed E-state index contributed by atoms with van der Waals surface area (Å²) in [5, 5.41) is 6.46. The summed E-state index contributed by atoms with van der Waals surface area (Å²) in [4.78, 5) is 12.0. The molecule has 2 fully saturated rings. The quantitative estimate of drug-likeness (QED) is 0.789. The van der Waals surface area contributed by atoms with E-state index in [1.54, 1.807) is 0 Å². The summed E-state index contributed by atoms with van der Waals surface area (Å²) < 4.78 is 0.